The van der Waals surface area contributed by atoms with Crippen LogP contribution in [0.4, 0.5) is 0 Å². The van der Waals surface area contributed by atoms with Crippen LogP contribution in [-0.2, 0) is 4.74 Å². The normalized spacial score (nSPS) is 36.8. The first kappa shape index (κ1) is 12.3. The van der Waals surface area contributed by atoms with Gasteiger partial charge in [0, 0.05) is 31.3 Å². The summed E-state index contributed by atoms with van der Waals surface area (Å²) in [5, 5.41) is 3.64. The lowest BCUT2D eigenvalue weighted by Gasteiger charge is -2.41. The lowest BCUT2D eigenvalue weighted by Crippen LogP contribution is -2.51. The number of likely N-dealkylation sites (tertiary alicyclic amines) is 1. The highest BCUT2D eigenvalue weighted by Crippen LogP contribution is 2.29. The van der Waals surface area contributed by atoms with Crippen LogP contribution < -0.4 is 5.32 Å². The van der Waals surface area contributed by atoms with Gasteiger partial charge in [-0.2, -0.15) is 0 Å². The summed E-state index contributed by atoms with van der Waals surface area (Å²) in [5.41, 5.74) is 0.306. The van der Waals surface area contributed by atoms with Gasteiger partial charge < -0.3 is 10.1 Å². The van der Waals surface area contributed by atoms with Crippen LogP contribution in [0.5, 0.6) is 0 Å². The molecule has 0 spiro atoms. The van der Waals surface area contributed by atoms with E-state index in [9.17, 15) is 0 Å². The zero-order valence-electron chi connectivity index (χ0n) is 10.8. The number of hydrogen-bond donors (Lipinski definition) is 1. The lowest BCUT2D eigenvalue weighted by molar-refractivity contribution is -0.0308. The van der Waals surface area contributed by atoms with E-state index in [0.29, 0.717) is 11.6 Å². The average Bonchev–Trinajstić information content (AvgIpc) is 2.77. The molecule has 0 radical (unpaired) electrons. The summed E-state index contributed by atoms with van der Waals surface area (Å²) in [6.45, 7) is 10.1. The Hall–Kier alpha value is -0.120. The fourth-order valence-corrected chi connectivity index (χ4v) is 2.93. The van der Waals surface area contributed by atoms with Crippen molar-refractivity contribution in [2.45, 2.75) is 51.1 Å². The Morgan fingerprint density at radius 2 is 2.38 bits per heavy atom. The van der Waals surface area contributed by atoms with Crippen LogP contribution in [0, 0.1) is 0 Å². The molecule has 0 aliphatic carbocycles. The van der Waals surface area contributed by atoms with Gasteiger partial charge >= 0.3 is 0 Å². The third-order valence-electron chi connectivity index (χ3n) is 4.05. The molecule has 3 heteroatoms. The van der Waals surface area contributed by atoms with E-state index in [1.54, 1.807) is 0 Å². The monoisotopic (exact) mass is 226 g/mol. The van der Waals surface area contributed by atoms with Crippen molar-refractivity contribution in [3.8, 4) is 0 Å². The number of nitrogens with one attached hydrogen (secondary N) is 1. The first-order chi connectivity index (χ1) is 7.74. The van der Waals surface area contributed by atoms with Crippen molar-refractivity contribution in [3.63, 3.8) is 0 Å². The fourth-order valence-electron chi connectivity index (χ4n) is 2.93. The third kappa shape index (κ3) is 2.76. The molecule has 0 aromatic rings. The zero-order chi connectivity index (χ0) is 11.4. The predicted molar refractivity (Wildman–Crippen MR) is 66.7 cm³/mol. The molecule has 0 saturated carbocycles. The molecule has 2 aliphatic rings. The molecule has 1 N–H and O–H groups in total. The first-order valence-corrected chi connectivity index (χ1v) is 6.81. The van der Waals surface area contributed by atoms with Crippen molar-refractivity contribution in [2.24, 2.45) is 0 Å². The van der Waals surface area contributed by atoms with Gasteiger partial charge in [0.05, 0.1) is 6.61 Å². The summed E-state index contributed by atoms with van der Waals surface area (Å²) in [6.07, 6.45) is 5.06. The van der Waals surface area contributed by atoms with Crippen molar-refractivity contribution in [1.29, 1.82) is 0 Å². The molecule has 3 nitrogen and oxygen atoms in total. The first-order valence-electron chi connectivity index (χ1n) is 6.81. The van der Waals surface area contributed by atoms with Crippen molar-refractivity contribution >= 4 is 0 Å². The number of rotatable bonds is 4. The van der Waals surface area contributed by atoms with Gasteiger partial charge in [-0.3, -0.25) is 4.90 Å². The van der Waals surface area contributed by atoms with Crippen LogP contribution in [0.3, 0.4) is 0 Å². The second-order valence-electron chi connectivity index (χ2n) is 5.54. The van der Waals surface area contributed by atoms with Gasteiger partial charge in [0.25, 0.3) is 0 Å². The summed E-state index contributed by atoms with van der Waals surface area (Å²) >= 11 is 0. The number of nitrogens with zero attached hydrogens (tertiary/aromatic N) is 1. The maximum atomic E-state index is 5.65. The fraction of sp³-hybridized carbons (Fsp3) is 1.00. The van der Waals surface area contributed by atoms with Gasteiger partial charge in [-0.05, 0) is 39.2 Å². The number of ether oxygens (including phenoxy) is 1. The van der Waals surface area contributed by atoms with E-state index in [0.717, 1.165) is 19.8 Å². The highest BCUT2D eigenvalue weighted by molar-refractivity contribution is 4.94. The van der Waals surface area contributed by atoms with E-state index in [-0.39, 0.29) is 0 Å². The molecule has 2 unspecified atom stereocenters. The van der Waals surface area contributed by atoms with Gasteiger partial charge in [-0.1, -0.05) is 6.92 Å². The van der Waals surface area contributed by atoms with Gasteiger partial charge in [-0.25, -0.2) is 0 Å². The molecule has 2 saturated heterocycles. The molecule has 0 bridgehead atoms. The Labute approximate surface area is 99.5 Å². The quantitative estimate of drug-likeness (QED) is 0.788. The van der Waals surface area contributed by atoms with Crippen LogP contribution in [-0.4, -0.2) is 49.3 Å². The number of hydrogen-bond acceptors (Lipinski definition) is 3. The van der Waals surface area contributed by atoms with E-state index in [2.05, 4.69) is 24.1 Å². The SMILES string of the molecule is CCCNC1CCN(C2(C)CCCOC2)C1. The Bertz CT molecular complexity index is 214. The Morgan fingerprint density at radius 3 is 3.06 bits per heavy atom. The summed E-state index contributed by atoms with van der Waals surface area (Å²) in [6, 6.07) is 0.707. The highest BCUT2D eigenvalue weighted by atomic mass is 16.5. The van der Waals surface area contributed by atoms with Crippen LogP contribution in [0.1, 0.15) is 39.5 Å². The van der Waals surface area contributed by atoms with Crippen LogP contribution in [0.15, 0.2) is 0 Å². The van der Waals surface area contributed by atoms with E-state index in [4.69, 9.17) is 4.74 Å². The largest absolute Gasteiger partial charge is 0.380 e. The molecule has 16 heavy (non-hydrogen) atoms. The van der Waals surface area contributed by atoms with Crippen molar-refractivity contribution in [2.75, 3.05) is 32.8 Å². The highest BCUT2D eigenvalue weighted by Gasteiger charge is 2.38. The van der Waals surface area contributed by atoms with E-state index < -0.39 is 0 Å². The van der Waals surface area contributed by atoms with E-state index >= 15 is 0 Å². The van der Waals surface area contributed by atoms with Gasteiger partial charge in [0.1, 0.15) is 0 Å². The molecule has 2 heterocycles. The maximum absolute atomic E-state index is 5.65. The topological polar surface area (TPSA) is 24.5 Å². The lowest BCUT2D eigenvalue weighted by atomic mass is 9.93. The van der Waals surface area contributed by atoms with Crippen LogP contribution >= 0.6 is 0 Å². The molecule has 2 atom stereocenters. The molecule has 2 aliphatic heterocycles. The Morgan fingerprint density at radius 1 is 1.50 bits per heavy atom. The summed E-state index contributed by atoms with van der Waals surface area (Å²) in [7, 11) is 0. The zero-order valence-corrected chi connectivity index (χ0v) is 10.8. The Kier molecular flexibility index (Phi) is 4.22. The summed E-state index contributed by atoms with van der Waals surface area (Å²) in [5.74, 6) is 0. The van der Waals surface area contributed by atoms with Gasteiger partial charge in [0.15, 0.2) is 0 Å². The van der Waals surface area contributed by atoms with E-state index in [1.165, 1.54) is 38.8 Å². The van der Waals surface area contributed by atoms with Crippen LogP contribution in [0.2, 0.25) is 0 Å². The second kappa shape index (κ2) is 5.48. The van der Waals surface area contributed by atoms with Crippen molar-refractivity contribution in [3.05, 3.63) is 0 Å². The molecular weight excluding hydrogens is 200 g/mol. The average molecular weight is 226 g/mol. The molecule has 0 amide bonds. The van der Waals surface area contributed by atoms with Gasteiger partial charge in [-0.15, -0.1) is 0 Å². The van der Waals surface area contributed by atoms with Gasteiger partial charge in [0.2, 0.25) is 0 Å². The smallest absolute Gasteiger partial charge is 0.0647 e. The second-order valence-corrected chi connectivity index (χ2v) is 5.54. The molecule has 2 fully saturated rings. The molecule has 0 aromatic carbocycles. The summed E-state index contributed by atoms with van der Waals surface area (Å²) in [4.78, 5) is 2.64. The minimum Gasteiger partial charge on any atom is -0.380 e. The van der Waals surface area contributed by atoms with Crippen molar-refractivity contribution in [1.82, 2.24) is 10.2 Å². The Balaban J connectivity index is 1.82. The predicted octanol–water partition coefficient (Wildman–Crippen LogP) is 1.63. The molecular formula is C13H26N2O. The molecule has 94 valence electrons. The van der Waals surface area contributed by atoms with Crippen molar-refractivity contribution < 1.29 is 4.74 Å². The minimum absolute atomic E-state index is 0.306. The van der Waals surface area contributed by atoms with Crippen LogP contribution in [0.25, 0.3) is 0 Å². The minimum atomic E-state index is 0.306. The molecule has 0 aromatic heterocycles. The third-order valence-corrected chi connectivity index (χ3v) is 4.05. The standard InChI is InChI=1S/C13H26N2O/c1-3-7-14-12-5-8-15(10-12)13(2)6-4-9-16-11-13/h12,14H,3-11H2,1-2H3. The molecule has 2 rings (SSSR count). The van der Waals surface area contributed by atoms with E-state index in [1.807, 2.05) is 0 Å². The summed E-state index contributed by atoms with van der Waals surface area (Å²) < 4.78 is 5.65. The maximum Gasteiger partial charge on any atom is 0.0647 e.